The lowest BCUT2D eigenvalue weighted by molar-refractivity contribution is 0.111. The maximum Gasteiger partial charge on any atom is 0.171 e. The second kappa shape index (κ2) is 4.02. The molecule has 2 rings (SSSR count). The molecule has 0 aliphatic heterocycles. The Kier molecular flexibility index (Phi) is 2.70. The van der Waals surface area contributed by atoms with Crippen molar-refractivity contribution in [2.24, 2.45) is 0 Å². The van der Waals surface area contributed by atoms with Gasteiger partial charge in [0.2, 0.25) is 0 Å². The molecule has 0 N–H and O–H groups in total. The number of hydrogen-bond acceptors (Lipinski definition) is 3. The molecule has 0 radical (unpaired) electrons. The molecule has 82 valence electrons. The molecule has 0 atom stereocenters. The molecule has 0 aliphatic carbocycles. The van der Waals surface area contributed by atoms with Gasteiger partial charge in [-0.3, -0.25) is 4.79 Å². The van der Waals surface area contributed by atoms with Crippen LogP contribution in [0.1, 0.15) is 16.1 Å². The summed E-state index contributed by atoms with van der Waals surface area (Å²) in [5.41, 5.74) is 1.13. The number of benzene rings is 1. The van der Waals surface area contributed by atoms with Gasteiger partial charge in [0.05, 0.1) is 16.9 Å². The van der Waals surface area contributed by atoms with E-state index in [0.29, 0.717) is 17.5 Å². The van der Waals surface area contributed by atoms with E-state index in [-0.39, 0.29) is 16.5 Å². The normalized spacial score (nSPS) is 10.4. The first-order valence-corrected chi connectivity index (χ1v) is 4.83. The van der Waals surface area contributed by atoms with E-state index in [1.54, 1.807) is 13.0 Å². The number of halogens is 2. The molecule has 0 amide bonds. The lowest BCUT2D eigenvalue weighted by atomic mass is 10.2. The van der Waals surface area contributed by atoms with Crippen molar-refractivity contribution in [1.82, 2.24) is 15.0 Å². The number of aryl methyl sites for hydroxylation is 1. The number of rotatable bonds is 2. The maximum absolute atomic E-state index is 13.2. The largest absolute Gasteiger partial charge is 0.296 e. The highest BCUT2D eigenvalue weighted by Gasteiger charge is 2.09. The first kappa shape index (κ1) is 10.8. The Morgan fingerprint density at radius 1 is 1.50 bits per heavy atom. The molecule has 1 heterocycles. The number of aromatic nitrogens is 3. The van der Waals surface area contributed by atoms with Gasteiger partial charge in [0.25, 0.3) is 0 Å². The van der Waals surface area contributed by atoms with Crippen molar-refractivity contribution in [3.8, 4) is 5.69 Å². The molecule has 0 saturated heterocycles. The van der Waals surface area contributed by atoms with E-state index in [4.69, 9.17) is 11.6 Å². The molecular weight excluding hydrogens is 233 g/mol. The van der Waals surface area contributed by atoms with E-state index >= 15 is 0 Å². The first-order chi connectivity index (χ1) is 7.61. The first-order valence-electron chi connectivity index (χ1n) is 4.45. The van der Waals surface area contributed by atoms with Crippen molar-refractivity contribution < 1.29 is 9.18 Å². The van der Waals surface area contributed by atoms with Crippen LogP contribution in [0.15, 0.2) is 18.3 Å². The Balaban J connectivity index is 2.55. The highest BCUT2D eigenvalue weighted by molar-refractivity contribution is 6.32. The van der Waals surface area contributed by atoms with Gasteiger partial charge in [0, 0.05) is 0 Å². The van der Waals surface area contributed by atoms with E-state index in [0.717, 1.165) is 0 Å². The summed E-state index contributed by atoms with van der Waals surface area (Å²) in [5, 5.41) is 7.53. The van der Waals surface area contributed by atoms with Crippen LogP contribution >= 0.6 is 11.6 Å². The fraction of sp³-hybridized carbons (Fsp3) is 0.100. The van der Waals surface area contributed by atoms with Crippen molar-refractivity contribution in [2.45, 2.75) is 6.92 Å². The average Bonchev–Trinajstić information content (AvgIpc) is 2.71. The third kappa shape index (κ3) is 1.81. The minimum Gasteiger partial charge on any atom is -0.296 e. The van der Waals surface area contributed by atoms with Gasteiger partial charge in [-0.2, -0.15) is 0 Å². The SMILES string of the molecule is Cc1cc(-n2cc(C=O)nn2)c(Cl)cc1F. The van der Waals surface area contributed by atoms with Crippen LogP contribution in [0.5, 0.6) is 0 Å². The number of aldehydes is 1. The predicted octanol–water partition coefficient (Wildman–Crippen LogP) is 2.18. The summed E-state index contributed by atoms with van der Waals surface area (Å²) >= 11 is 5.87. The zero-order valence-corrected chi connectivity index (χ0v) is 9.07. The van der Waals surface area contributed by atoms with Crippen LogP contribution in [0, 0.1) is 12.7 Å². The molecule has 0 aliphatic rings. The summed E-state index contributed by atoms with van der Waals surface area (Å²) in [6.45, 7) is 1.62. The van der Waals surface area contributed by atoms with Crippen molar-refractivity contribution in [3.63, 3.8) is 0 Å². The zero-order valence-electron chi connectivity index (χ0n) is 8.32. The lowest BCUT2D eigenvalue weighted by Gasteiger charge is -2.05. The molecule has 0 bridgehead atoms. The van der Waals surface area contributed by atoms with E-state index < -0.39 is 0 Å². The Labute approximate surface area is 95.6 Å². The van der Waals surface area contributed by atoms with E-state index in [9.17, 15) is 9.18 Å². The van der Waals surface area contributed by atoms with Crippen molar-refractivity contribution in [2.75, 3.05) is 0 Å². The van der Waals surface area contributed by atoms with Crippen molar-refractivity contribution in [1.29, 1.82) is 0 Å². The van der Waals surface area contributed by atoms with Gasteiger partial charge >= 0.3 is 0 Å². The molecule has 1 aromatic carbocycles. The molecule has 0 saturated carbocycles. The minimum atomic E-state index is -0.385. The number of nitrogens with zero attached hydrogens (tertiary/aromatic N) is 3. The molecule has 2 aromatic rings. The number of carbonyl (C=O) groups excluding carboxylic acids is 1. The van der Waals surface area contributed by atoms with Crippen LogP contribution in [0.4, 0.5) is 4.39 Å². The molecule has 0 fully saturated rings. The van der Waals surface area contributed by atoms with Crippen molar-refractivity contribution in [3.05, 3.63) is 40.4 Å². The molecule has 6 heteroatoms. The standard InChI is InChI=1S/C10H7ClFN3O/c1-6-2-10(8(11)3-9(6)12)15-4-7(5-16)13-14-15/h2-5H,1H3. The smallest absolute Gasteiger partial charge is 0.171 e. The summed E-state index contributed by atoms with van der Waals surface area (Å²) in [6, 6.07) is 2.75. The Bertz CT molecular complexity index is 553. The van der Waals surface area contributed by atoms with Crippen LogP contribution < -0.4 is 0 Å². The van der Waals surface area contributed by atoms with Gasteiger partial charge in [-0.25, -0.2) is 9.07 Å². The summed E-state index contributed by atoms with van der Waals surface area (Å²) < 4.78 is 14.5. The highest BCUT2D eigenvalue weighted by atomic mass is 35.5. The lowest BCUT2D eigenvalue weighted by Crippen LogP contribution is -1.98. The van der Waals surface area contributed by atoms with Gasteiger partial charge in [-0.05, 0) is 24.6 Å². The quantitative estimate of drug-likeness (QED) is 0.755. The van der Waals surface area contributed by atoms with Gasteiger partial charge in [0.15, 0.2) is 6.29 Å². The highest BCUT2D eigenvalue weighted by Crippen LogP contribution is 2.23. The monoisotopic (exact) mass is 239 g/mol. The van der Waals surface area contributed by atoms with Gasteiger partial charge in [-0.1, -0.05) is 16.8 Å². The number of carbonyl (C=O) groups is 1. The molecular formula is C10H7ClFN3O. The summed E-state index contributed by atoms with van der Waals surface area (Å²) in [4.78, 5) is 10.4. The summed E-state index contributed by atoms with van der Waals surface area (Å²) in [5.74, 6) is -0.385. The van der Waals surface area contributed by atoms with Crippen LogP contribution in [0.25, 0.3) is 5.69 Å². The molecule has 0 unspecified atom stereocenters. The minimum absolute atomic E-state index is 0.193. The second-order valence-electron chi connectivity index (χ2n) is 3.26. The molecule has 0 spiro atoms. The van der Waals surface area contributed by atoms with Gasteiger partial charge in [-0.15, -0.1) is 5.10 Å². The van der Waals surface area contributed by atoms with Gasteiger partial charge in [0.1, 0.15) is 11.5 Å². The fourth-order valence-corrected chi connectivity index (χ4v) is 1.50. The summed E-state index contributed by atoms with van der Waals surface area (Å²) in [7, 11) is 0. The van der Waals surface area contributed by atoms with Crippen LogP contribution in [0.3, 0.4) is 0 Å². The Morgan fingerprint density at radius 3 is 2.88 bits per heavy atom. The third-order valence-corrected chi connectivity index (χ3v) is 2.41. The fourth-order valence-electron chi connectivity index (χ4n) is 1.27. The Morgan fingerprint density at radius 2 is 2.25 bits per heavy atom. The molecule has 1 aromatic heterocycles. The van der Waals surface area contributed by atoms with Crippen molar-refractivity contribution >= 4 is 17.9 Å². The predicted molar refractivity (Wildman–Crippen MR) is 56.5 cm³/mol. The second-order valence-corrected chi connectivity index (χ2v) is 3.67. The van der Waals surface area contributed by atoms with Crippen LogP contribution in [-0.2, 0) is 0 Å². The maximum atomic E-state index is 13.2. The van der Waals surface area contributed by atoms with E-state index in [2.05, 4.69) is 10.3 Å². The topological polar surface area (TPSA) is 47.8 Å². The molecule has 4 nitrogen and oxygen atoms in total. The van der Waals surface area contributed by atoms with Gasteiger partial charge < -0.3 is 0 Å². The average molecular weight is 240 g/mol. The summed E-state index contributed by atoms with van der Waals surface area (Å²) in [6.07, 6.45) is 2.00. The van der Waals surface area contributed by atoms with Crippen LogP contribution in [0.2, 0.25) is 5.02 Å². The van der Waals surface area contributed by atoms with E-state index in [1.165, 1.54) is 16.9 Å². The third-order valence-electron chi connectivity index (χ3n) is 2.11. The zero-order chi connectivity index (χ0) is 11.7. The van der Waals surface area contributed by atoms with E-state index in [1.807, 2.05) is 0 Å². The molecule has 16 heavy (non-hydrogen) atoms. The Hall–Kier alpha value is -1.75. The number of hydrogen-bond donors (Lipinski definition) is 0. The van der Waals surface area contributed by atoms with Crippen LogP contribution in [-0.4, -0.2) is 21.3 Å².